The van der Waals surface area contributed by atoms with Crippen molar-refractivity contribution in [1.29, 1.82) is 0 Å². The van der Waals surface area contributed by atoms with Crippen molar-refractivity contribution in [3.63, 3.8) is 0 Å². The lowest BCUT2D eigenvalue weighted by atomic mass is 10.0. The van der Waals surface area contributed by atoms with Crippen molar-refractivity contribution in [3.05, 3.63) is 70.1 Å². The van der Waals surface area contributed by atoms with Crippen molar-refractivity contribution < 1.29 is 18.3 Å². The van der Waals surface area contributed by atoms with E-state index in [-0.39, 0.29) is 5.69 Å². The van der Waals surface area contributed by atoms with Crippen LogP contribution in [-0.2, 0) is 6.61 Å². The molecule has 0 saturated carbocycles. The van der Waals surface area contributed by atoms with Crippen molar-refractivity contribution in [2.45, 2.75) is 13.5 Å². The molecule has 1 aromatic heterocycles. The summed E-state index contributed by atoms with van der Waals surface area (Å²) in [5, 5.41) is 2.43. The van der Waals surface area contributed by atoms with Gasteiger partial charge in [0.05, 0.1) is 10.6 Å². The summed E-state index contributed by atoms with van der Waals surface area (Å²) in [5.74, 6) is -0.975. The SMILES string of the molecule is Cc1cccc2c1-c1sc(C(=O)Nc3cc(F)ccc3F)cc1CO2. The van der Waals surface area contributed by atoms with E-state index in [0.29, 0.717) is 11.5 Å². The molecular weight excluding hydrogens is 344 g/mol. The highest BCUT2D eigenvalue weighted by molar-refractivity contribution is 7.17. The van der Waals surface area contributed by atoms with Crippen LogP contribution in [-0.4, -0.2) is 5.91 Å². The number of halogens is 2. The molecule has 3 nitrogen and oxygen atoms in total. The maximum atomic E-state index is 13.7. The molecule has 1 N–H and O–H groups in total. The van der Waals surface area contributed by atoms with Crippen molar-refractivity contribution >= 4 is 22.9 Å². The minimum atomic E-state index is -0.680. The molecule has 1 aliphatic heterocycles. The van der Waals surface area contributed by atoms with Crippen molar-refractivity contribution in [2.24, 2.45) is 0 Å². The number of carbonyl (C=O) groups is 1. The maximum absolute atomic E-state index is 13.7. The number of thiophene rings is 1. The second-order valence-electron chi connectivity index (χ2n) is 5.78. The molecule has 2 aromatic carbocycles. The van der Waals surface area contributed by atoms with Crippen LogP contribution in [0.4, 0.5) is 14.5 Å². The van der Waals surface area contributed by atoms with E-state index in [9.17, 15) is 13.6 Å². The van der Waals surface area contributed by atoms with Gasteiger partial charge in [0.25, 0.3) is 5.91 Å². The summed E-state index contributed by atoms with van der Waals surface area (Å²) in [5.41, 5.74) is 2.77. The Morgan fingerprint density at radius 1 is 1.20 bits per heavy atom. The first kappa shape index (κ1) is 15.8. The first-order chi connectivity index (χ1) is 12.0. The second-order valence-corrected chi connectivity index (χ2v) is 6.83. The highest BCUT2D eigenvalue weighted by Crippen LogP contribution is 2.44. The predicted octanol–water partition coefficient (Wildman–Crippen LogP) is 5.15. The summed E-state index contributed by atoms with van der Waals surface area (Å²) in [6.07, 6.45) is 0. The van der Waals surface area contributed by atoms with Crippen LogP contribution >= 0.6 is 11.3 Å². The molecule has 6 heteroatoms. The first-order valence-corrected chi connectivity index (χ1v) is 8.46. The zero-order valence-electron chi connectivity index (χ0n) is 13.2. The quantitative estimate of drug-likeness (QED) is 0.689. The zero-order chi connectivity index (χ0) is 17.6. The predicted molar refractivity (Wildman–Crippen MR) is 93.1 cm³/mol. The number of rotatable bonds is 2. The highest BCUT2D eigenvalue weighted by Gasteiger charge is 2.24. The summed E-state index contributed by atoms with van der Waals surface area (Å²) in [4.78, 5) is 13.9. The van der Waals surface area contributed by atoms with Gasteiger partial charge in [-0.2, -0.15) is 0 Å². The highest BCUT2D eigenvalue weighted by atomic mass is 32.1. The maximum Gasteiger partial charge on any atom is 0.265 e. The fourth-order valence-corrected chi connectivity index (χ4v) is 4.02. The van der Waals surface area contributed by atoms with Gasteiger partial charge in [-0.1, -0.05) is 12.1 Å². The number of carbonyl (C=O) groups excluding carboxylic acids is 1. The summed E-state index contributed by atoms with van der Waals surface area (Å²) in [6, 6.07) is 10.5. The number of fused-ring (bicyclic) bond motifs is 3. The lowest BCUT2D eigenvalue weighted by molar-refractivity contribution is 0.103. The van der Waals surface area contributed by atoms with E-state index in [1.807, 2.05) is 25.1 Å². The lowest BCUT2D eigenvalue weighted by Gasteiger charge is -2.19. The molecule has 0 atom stereocenters. The smallest absolute Gasteiger partial charge is 0.265 e. The largest absolute Gasteiger partial charge is 0.488 e. The number of anilines is 1. The van der Waals surface area contributed by atoms with Crippen LogP contribution in [0.5, 0.6) is 5.75 Å². The van der Waals surface area contributed by atoms with E-state index in [2.05, 4.69) is 5.32 Å². The number of hydrogen-bond donors (Lipinski definition) is 1. The Bertz CT molecular complexity index is 997. The number of nitrogens with one attached hydrogen (secondary N) is 1. The molecule has 0 saturated heterocycles. The topological polar surface area (TPSA) is 38.3 Å². The number of ether oxygens (including phenoxy) is 1. The Morgan fingerprint density at radius 2 is 2.04 bits per heavy atom. The van der Waals surface area contributed by atoms with Gasteiger partial charge >= 0.3 is 0 Å². The number of benzene rings is 2. The van der Waals surface area contributed by atoms with Crippen LogP contribution in [0.1, 0.15) is 20.8 Å². The Morgan fingerprint density at radius 3 is 2.88 bits per heavy atom. The van der Waals surface area contributed by atoms with Crippen LogP contribution in [0.2, 0.25) is 0 Å². The van der Waals surface area contributed by atoms with E-state index in [1.165, 1.54) is 11.3 Å². The van der Waals surface area contributed by atoms with Gasteiger partial charge in [-0.15, -0.1) is 11.3 Å². The van der Waals surface area contributed by atoms with Crippen LogP contribution in [0.3, 0.4) is 0 Å². The fourth-order valence-electron chi connectivity index (χ4n) is 2.84. The second kappa shape index (κ2) is 5.97. The Kier molecular flexibility index (Phi) is 3.77. The first-order valence-electron chi connectivity index (χ1n) is 7.65. The van der Waals surface area contributed by atoms with Gasteiger partial charge < -0.3 is 10.1 Å². The normalized spacial score (nSPS) is 12.1. The molecule has 0 unspecified atom stereocenters. The molecule has 1 amide bonds. The average molecular weight is 357 g/mol. The van der Waals surface area contributed by atoms with Gasteiger partial charge in [0, 0.05) is 22.1 Å². The molecular formula is C19H13F2NO2S. The van der Waals surface area contributed by atoms with Crippen molar-refractivity contribution in [2.75, 3.05) is 5.32 Å². The van der Waals surface area contributed by atoms with Crippen LogP contribution < -0.4 is 10.1 Å². The van der Waals surface area contributed by atoms with Crippen LogP contribution in [0.15, 0.2) is 42.5 Å². The minimum absolute atomic E-state index is 0.177. The van der Waals surface area contributed by atoms with E-state index < -0.39 is 17.5 Å². The van der Waals surface area contributed by atoms with Gasteiger partial charge in [-0.05, 0) is 36.8 Å². The molecule has 0 aliphatic carbocycles. The number of amides is 1. The van der Waals surface area contributed by atoms with E-state index >= 15 is 0 Å². The standard InChI is InChI=1S/C19H13F2NO2S/c1-10-3-2-4-15-17(10)18-11(9-24-15)7-16(25-18)19(23)22-14-8-12(20)5-6-13(14)21/h2-8H,9H2,1H3,(H,22,23). The average Bonchev–Trinajstić information content (AvgIpc) is 3.02. The zero-order valence-corrected chi connectivity index (χ0v) is 14.0. The van der Waals surface area contributed by atoms with E-state index in [0.717, 1.165) is 45.5 Å². The third kappa shape index (κ3) is 2.78. The van der Waals surface area contributed by atoms with Crippen LogP contribution in [0, 0.1) is 18.6 Å². The summed E-state index contributed by atoms with van der Waals surface area (Å²) < 4.78 is 32.7. The third-order valence-electron chi connectivity index (χ3n) is 4.05. The van der Waals surface area contributed by atoms with Crippen molar-refractivity contribution in [1.82, 2.24) is 0 Å². The molecule has 126 valence electrons. The summed E-state index contributed by atoms with van der Waals surface area (Å²) in [6.45, 7) is 2.36. The van der Waals surface area contributed by atoms with E-state index in [4.69, 9.17) is 4.74 Å². The molecule has 0 bridgehead atoms. The van der Waals surface area contributed by atoms with Gasteiger partial charge in [-0.3, -0.25) is 4.79 Å². The molecule has 0 fully saturated rings. The molecule has 3 aromatic rings. The molecule has 4 rings (SSSR count). The fraction of sp³-hybridized carbons (Fsp3) is 0.105. The lowest BCUT2D eigenvalue weighted by Crippen LogP contribution is -2.11. The molecule has 0 spiro atoms. The Labute approximate surface area is 146 Å². The van der Waals surface area contributed by atoms with Crippen molar-refractivity contribution in [3.8, 4) is 16.2 Å². The van der Waals surface area contributed by atoms with Gasteiger partial charge in [0.2, 0.25) is 0 Å². The van der Waals surface area contributed by atoms with E-state index in [1.54, 1.807) is 6.07 Å². The number of aryl methyl sites for hydroxylation is 1. The summed E-state index contributed by atoms with van der Waals surface area (Å²) >= 11 is 1.32. The minimum Gasteiger partial charge on any atom is -0.488 e. The summed E-state index contributed by atoms with van der Waals surface area (Å²) in [7, 11) is 0. The Balaban J connectivity index is 1.69. The van der Waals surface area contributed by atoms with Gasteiger partial charge in [-0.25, -0.2) is 8.78 Å². The molecule has 25 heavy (non-hydrogen) atoms. The monoisotopic (exact) mass is 357 g/mol. The van der Waals surface area contributed by atoms with Gasteiger partial charge in [0.1, 0.15) is 24.0 Å². The molecule has 0 radical (unpaired) electrons. The Hall–Kier alpha value is -2.73. The third-order valence-corrected chi connectivity index (χ3v) is 5.25. The molecule has 1 aliphatic rings. The van der Waals surface area contributed by atoms with Crippen LogP contribution in [0.25, 0.3) is 10.4 Å². The van der Waals surface area contributed by atoms with Gasteiger partial charge in [0.15, 0.2) is 0 Å². The molecule has 2 heterocycles. The number of hydrogen-bond acceptors (Lipinski definition) is 3.